The van der Waals surface area contributed by atoms with Crippen molar-refractivity contribution in [3.8, 4) is 0 Å². The van der Waals surface area contributed by atoms with E-state index in [0.29, 0.717) is 18.8 Å². The third-order valence-electron chi connectivity index (χ3n) is 5.75. The van der Waals surface area contributed by atoms with Crippen molar-refractivity contribution in [2.24, 2.45) is 0 Å². The molecule has 0 unspecified atom stereocenters. The molecule has 2 atom stereocenters. The molecule has 1 fully saturated rings. The third-order valence-corrected chi connectivity index (χ3v) is 6.73. The minimum atomic E-state index is -0.508. The van der Waals surface area contributed by atoms with Gasteiger partial charge in [-0.2, -0.15) is 0 Å². The molecule has 31 heavy (non-hydrogen) atoms. The van der Waals surface area contributed by atoms with Gasteiger partial charge in [-0.25, -0.2) is 0 Å². The summed E-state index contributed by atoms with van der Waals surface area (Å²) in [5.74, 6) is 0.235. The molecule has 2 heterocycles. The lowest BCUT2D eigenvalue weighted by molar-refractivity contribution is -0.150. The van der Waals surface area contributed by atoms with Crippen LogP contribution in [-0.2, 0) is 27.5 Å². The summed E-state index contributed by atoms with van der Waals surface area (Å²) in [6.07, 6.45) is 4.15. The average Bonchev–Trinajstić information content (AvgIpc) is 3.52. The van der Waals surface area contributed by atoms with Gasteiger partial charge in [0.05, 0.1) is 13.2 Å². The summed E-state index contributed by atoms with van der Waals surface area (Å²) in [5.41, 5.74) is 3.07. The SMILES string of the molecule is O=C(NC1CC1)C1=C[C@H](c2csc3ccccc23)C[C@H](OCc2ccc(CO)cc2)O1. The van der Waals surface area contributed by atoms with E-state index in [1.54, 1.807) is 11.3 Å². The standard InChI is InChI=1S/C25H25NO4S/c27-13-16-5-7-17(8-6-16)14-29-24-12-18(11-22(30-24)25(28)26-19-9-10-19)21-15-31-23-4-2-1-3-20(21)23/h1-8,11,15,18-19,24,27H,9-10,12-14H2,(H,26,28)/t18-,24+/m0/s1. The normalized spacial score (nSPS) is 20.9. The van der Waals surface area contributed by atoms with Gasteiger partial charge in [0.25, 0.3) is 5.91 Å². The maximum absolute atomic E-state index is 12.7. The number of aliphatic hydroxyl groups excluding tert-OH is 1. The molecule has 0 spiro atoms. The van der Waals surface area contributed by atoms with Crippen LogP contribution in [-0.4, -0.2) is 23.3 Å². The minimum Gasteiger partial charge on any atom is -0.459 e. The molecule has 5 rings (SSSR count). The van der Waals surface area contributed by atoms with Crippen molar-refractivity contribution in [2.45, 2.75) is 50.7 Å². The van der Waals surface area contributed by atoms with E-state index >= 15 is 0 Å². The number of hydrogen-bond acceptors (Lipinski definition) is 5. The van der Waals surface area contributed by atoms with Crippen molar-refractivity contribution in [3.05, 3.63) is 82.4 Å². The molecule has 1 aliphatic heterocycles. The number of allylic oxidation sites excluding steroid dienone is 1. The number of ether oxygens (including phenoxy) is 2. The van der Waals surface area contributed by atoms with E-state index in [0.717, 1.165) is 24.0 Å². The smallest absolute Gasteiger partial charge is 0.286 e. The summed E-state index contributed by atoms with van der Waals surface area (Å²) in [5, 5.41) is 15.6. The zero-order valence-electron chi connectivity index (χ0n) is 17.1. The highest BCUT2D eigenvalue weighted by atomic mass is 32.1. The molecule has 160 valence electrons. The molecule has 3 aromatic rings. The topological polar surface area (TPSA) is 67.8 Å². The van der Waals surface area contributed by atoms with Crippen molar-refractivity contribution >= 4 is 27.3 Å². The fourth-order valence-corrected chi connectivity index (χ4v) is 4.86. The Morgan fingerprint density at radius 3 is 2.68 bits per heavy atom. The number of rotatable bonds is 7. The highest BCUT2D eigenvalue weighted by molar-refractivity contribution is 7.17. The van der Waals surface area contributed by atoms with E-state index < -0.39 is 6.29 Å². The lowest BCUT2D eigenvalue weighted by Crippen LogP contribution is -2.33. The molecule has 5 nitrogen and oxygen atoms in total. The molecule has 0 saturated heterocycles. The number of aliphatic hydroxyl groups is 1. The number of benzene rings is 2. The minimum absolute atomic E-state index is 0.0212. The first-order chi connectivity index (χ1) is 15.2. The number of thiophene rings is 1. The van der Waals surface area contributed by atoms with Gasteiger partial charge in [0.1, 0.15) is 0 Å². The molecule has 1 saturated carbocycles. The van der Waals surface area contributed by atoms with Gasteiger partial charge in [0.15, 0.2) is 5.76 Å². The highest BCUT2D eigenvalue weighted by Crippen LogP contribution is 2.38. The summed E-state index contributed by atoms with van der Waals surface area (Å²) < 4.78 is 13.3. The summed E-state index contributed by atoms with van der Waals surface area (Å²) in [4.78, 5) is 12.7. The molecule has 1 aliphatic carbocycles. The molecule has 0 bridgehead atoms. The second-order valence-electron chi connectivity index (χ2n) is 8.14. The van der Waals surface area contributed by atoms with Crippen LogP contribution in [0.3, 0.4) is 0 Å². The number of fused-ring (bicyclic) bond motifs is 1. The predicted octanol–water partition coefficient (Wildman–Crippen LogP) is 4.60. The molecule has 2 aliphatic rings. The van der Waals surface area contributed by atoms with Crippen LogP contribution in [0.25, 0.3) is 10.1 Å². The Morgan fingerprint density at radius 2 is 1.90 bits per heavy atom. The maximum Gasteiger partial charge on any atom is 0.286 e. The number of amides is 1. The Labute approximate surface area is 185 Å². The van der Waals surface area contributed by atoms with Gasteiger partial charge in [-0.05, 0) is 52.4 Å². The van der Waals surface area contributed by atoms with Crippen LogP contribution in [0, 0.1) is 0 Å². The maximum atomic E-state index is 12.7. The Hall–Kier alpha value is -2.67. The first-order valence-corrected chi connectivity index (χ1v) is 11.5. The second kappa shape index (κ2) is 8.83. The quantitative estimate of drug-likeness (QED) is 0.569. The molecule has 2 N–H and O–H groups in total. The van der Waals surface area contributed by atoms with Gasteiger partial charge in [0.2, 0.25) is 6.29 Å². The molecular formula is C25H25NO4S. The molecule has 1 amide bonds. The Balaban J connectivity index is 1.36. The monoisotopic (exact) mass is 435 g/mol. The van der Waals surface area contributed by atoms with Crippen molar-refractivity contribution in [2.75, 3.05) is 0 Å². The van der Waals surface area contributed by atoms with Crippen LogP contribution in [0.4, 0.5) is 0 Å². The lowest BCUT2D eigenvalue weighted by atomic mass is 9.92. The Kier molecular flexibility index (Phi) is 5.76. The molecular weight excluding hydrogens is 410 g/mol. The average molecular weight is 436 g/mol. The van der Waals surface area contributed by atoms with E-state index in [4.69, 9.17) is 9.47 Å². The second-order valence-corrected chi connectivity index (χ2v) is 9.05. The Morgan fingerprint density at radius 1 is 1.13 bits per heavy atom. The van der Waals surface area contributed by atoms with Crippen LogP contribution in [0.5, 0.6) is 0 Å². The molecule has 0 radical (unpaired) electrons. The van der Waals surface area contributed by atoms with E-state index in [2.05, 4.69) is 22.8 Å². The molecule has 6 heteroatoms. The summed E-state index contributed by atoms with van der Waals surface area (Å²) in [6.45, 7) is 0.401. The van der Waals surface area contributed by atoms with Crippen molar-refractivity contribution in [1.82, 2.24) is 5.32 Å². The van der Waals surface area contributed by atoms with Crippen molar-refractivity contribution in [1.29, 1.82) is 0 Å². The fourth-order valence-electron chi connectivity index (χ4n) is 3.83. The number of nitrogens with one attached hydrogen (secondary N) is 1. The van der Waals surface area contributed by atoms with Crippen molar-refractivity contribution < 1.29 is 19.4 Å². The number of hydrogen-bond donors (Lipinski definition) is 2. The molecule has 1 aromatic heterocycles. The van der Waals surface area contributed by atoms with Crippen molar-refractivity contribution in [3.63, 3.8) is 0 Å². The van der Waals surface area contributed by atoms with Gasteiger partial charge < -0.3 is 19.9 Å². The first kappa shape index (κ1) is 20.2. The molecule has 2 aromatic carbocycles. The highest BCUT2D eigenvalue weighted by Gasteiger charge is 2.32. The Bertz CT molecular complexity index is 1100. The van der Waals surface area contributed by atoms with Crippen LogP contribution in [0.15, 0.2) is 65.7 Å². The largest absolute Gasteiger partial charge is 0.459 e. The number of carbonyl (C=O) groups excluding carboxylic acids is 1. The van der Waals surface area contributed by atoms with Crippen LogP contribution in [0.2, 0.25) is 0 Å². The van der Waals surface area contributed by atoms with Gasteiger partial charge in [-0.15, -0.1) is 11.3 Å². The summed E-state index contributed by atoms with van der Waals surface area (Å²) in [6, 6.07) is 16.3. The zero-order valence-corrected chi connectivity index (χ0v) is 17.9. The number of carbonyl (C=O) groups is 1. The van der Waals surface area contributed by atoms with Crippen LogP contribution in [0.1, 0.15) is 41.9 Å². The summed E-state index contributed by atoms with van der Waals surface area (Å²) >= 11 is 1.72. The lowest BCUT2D eigenvalue weighted by Gasteiger charge is -2.29. The third kappa shape index (κ3) is 4.66. The van der Waals surface area contributed by atoms with Gasteiger partial charge in [-0.3, -0.25) is 4.79 Å². The van der Waals surface area contributed by atoms with E-state index in [1.807, 2.05) is 42.5 Å². The van der Waals surface area contributed by atoms with Gasteiger partial charge in [0, 0.05) is 23.1 Å². The van der Waals surface area contributed by atoms with Gasteiger partial charge in [-0.1, -0.05) is 42.5 Å². The van der Waals surface area contributed by atoms with E-state index in [-0.39, 0.29) is 24.5 Å². The first-order valence-electron chi connectivity index (χ1n) is 10.7. The van der Waals surface area contributed by atoms with Crippen LogP contribution >= 0.6 is 11.3 Å². The summed E-state index contributed by atoms with van der Waals surface area (Å²) in [7, 11) is 0. The fraction of sp³-hybridized carbons (Fsp3) is 0.320. The van der Waals surface area contributed by atoms with Gasteiger partial charge >= 0.3 is 0 Å². The van der Waals surface area contributed by atoms with E-state index in [1.165, 1.54) is 15.6 Å². The van der Waals surface area contributed by atoms with E-state index in [9.17, 15) is 9.90 Å². The zero-order chi connectivity index (χ0) is 21.2. The predicted molar refractivity (Wildman–Crippen MR) is 120 cm³/mol. The van der Waals surface area contributed by atoms with Crippen LogP contribution < -0.4 is 5.32 Å².